The van der Waals surface area contributed by atoms with E-state index in [1.165, 1.54) is 27.8 Å². The first-order valence-corrected chi connectivity index (χ1v) is 15.1. The predicted octanol–water partition coefficient (Wildman–Crippen LogP) is 4.69. The number of hydrogen-bond donors (Lipinski definition) is 0. The zero-order chi connectivity index (χ0) is 23.3. The number of rotatable bonds is 5. The average molecular weight is 493 g/mol. The molecule has 5 nitrogen and oxygen atoms in total. The standard InChI is InChI=1S/C24H32N2O3S3/c1-6-16-9-7-8-10-17(16)13-19(25-22(30-4)31-5)21(27)26-20-14-18-11-12-24(20,23(18,2)3)15-32(26,28)29/h6-10,18-20H,1,11-15H2,2-5H3. The third-order valence-corrected chi connectivity index (χ3v) is 12.0. The lowest BCUT2D eigenvalue weighted by Gasteiger charge is -2.37. The van der Waals surface area contributed by atoms with Gasteiger partial charge in [0.05, 0.1) is 11.8 Å². The summed E-state index contributed by atoms with van der Waals surface area (Å²) in [6.45, 7) is 8.28. The predicted molar refractivity (Wildman–Crippen MR) is 136 cm³/mol. The minimum atomic E-state index is -3.68. The number of aliphatic imine (C=N–C) groups is 1. The molecular formula is C24H32N2O3S3. The van der Waals surface area contributed by atoms with Gasteiger partial charge in [-0.25, -0.2) is 12.7 Å². The van der Waals surface area contributed by atoms with Crippen molar-refractivity contribution in [1.82, 2.24) is 4.31 Å². The third kappa shape index (κ3) is 3.57. The zero-order valence-corrected chi connectivity index (χ0v) is 21.7. The molecule has 32 heavy (non-hydrogen) atoms. The number of thioether (sulfide) groups is 2. The smallest absolute Gasteiger partial charge is 0.261 e. The lowest BCUT2D eigenvalue weighted by molar-refractivity contribution is -0.130. The minimum Gasteiger partial charge on any atom is -0.271 e. The summed E-state index contributed by atoms with van der Waals surface area (Å²) >= 11 is 2.96. The van der Waals surface area contributed by atoms with Crippen LogP contribution in [0.2, 0.25) is 0 Å². The largest absolute Gasteiger partial charge is 0.271 e. The monoisotopic (exact) mass is 492 g/mol. The minimum absolute atomic E-state index is 0.0718. The van der Waals surface area contributed by atoms with Crippen LogP contribution in [-0.2, 0) is 21.2 Å². The van der Waals surface area contributed by atoms with Crippen molar-refractivity contribution in [3.8, 4) is 0 Å². The molecule has 0 N–H and O–H groups in total. The molecule has 2 aliphatic carbocycles. The lowest BCUT2D eigenvalue weighted by Crippen LogP contribution is -2.48. The normalized spacial score (nSPS) is 30.1. The van der Waals surface area contributed by atoms with E-state index in [-0.39, 0.29) is 28.5 Å². The van der Waals surface area contributed by atoms with Gasteiger partial charge in [-0.2, -0.15) is 0 Å². The highest BCUT2D eigenvalue weighted by molar-refractivity contribution is 8.38. The number of benzene rings is 1. The summed E-state index contributed by atoms with van der Waals surface area (Å²) in [4.78, 5) is 18.7. The van der Waals surface area contributed by atoms with E-state index in [0.29, 0.717) is 12.3 Å². The first-order valence-electron chi connectivity index (χ1n) is 11.0. The van der Waals surface area contributed by atoms with E-state index in [1.807, 2.05) is 36.8 Å². The summed E-state index contributed by atoms with van der Waals surface area (Å²) < 4.78 is 28.9. The Labute approximate surface area is 200 Å². The van der Waals surface area contributed by atoms with E-state index in [9.17, 15) is 13.2 Å². The molecule has 2 bridgehead atoms. The molecule has 1 aromatic carbocycles. The summed E-state index contributed by atoms with van der Waals surface area (Å²) in [6, 6.07) is 6.76. The zero-order valence-electron chi connectivity index (χ0n) is 19.2. The topological polar surface area (TPSA) is 66.8 Å². The van der Waals surface area contributed by atoms with E-state index < -0.39 is 16.1 Å². The van der Waals surface area contributed by atoms with Crippen LogP contribution in [0.1, 0.15) is 44.2 Å². The van der Waals surface area contributed by atoms with E-state index in [2.05, 4.69) is 20.4 Å². The maximum atomic E-state index is 14.0. The first-order chi connectivity index (χ1) is 15.1. The van der Waals surface area contributed by atoms with Gasteiger partial charge in [0.15, 0.2) is 0 Å². The summed E-state index contributed by atoms with van der Waals surface area (Å²) in [5.41, 5.74) is 1.49. The summed E-state index contributed by atoms with van der Waals surface area (Å²) in [7, 11) is -3.68. The second-order valence-corrected chi connectivity index (χ2v) is 13.4. The molecule has 3 aliphatic rings. The van der Waals surface area contributed by atoms with Gasteiger partial charge in [0.2, 0.25) is 10.0 Å². The van der Waals surface area contributed by atoms with Crippen molar-refractivity contribution in [2.24, 2.45) is 21.7 Å². The highest BCUT2D eigenvalue weighted by atomic mass is 32.2. The molecule has 3 fully saturated rings. The molecule has 1 aliphatic heterocycles. The Morgan fingerprint density at radius 2 is 2.00 bits per heavy atom. The quantitative estimate of drug-likeness (QED) is 0.441. The van der Waals surface area contributed by atoms with Crippen LogP contribution in [0.15, 0.2) is 35.8 Å². The Bertz CT molecular complexity index is 1060. The number of sulfonamides is 1. The molecule has 4 rings (SSSR count). The molecule has 1 saturated heterocycles. The molecule has 0 aromatic heterocycles. The Balaban J connectivity index is 1.74. The summed E-state index contributed by atoms with van der Waals surface area (Å²) in [6.07, 6.45) is 8.68. The van der Waals surface area contributed by atoms with Crippen molar-refractivity contribution in [3.63, 3.8) is 0 Å². The SMILES string of the molecule is C=Cc1ccccc1CC(N=C(SC)SC)C(=O)N1C2CC3CCC2(CS1(=O)=O)C3(C)C. The van der Waals surface area contributed by atoms with Crippen LogP contribution < -0.4 is 0 Å². The van der Waals surface area contributed by atoms with Crippen molar-refractivity contribution >= 4 is 49.9 Å². The molecule has 174 valence electrons. The van der Waals surface area contributed by atoms with Crippen LogP contribution in [0, 0.1) is 16.7 Å². The molecule has 4 atom stereocenters. The fourth-order valence-electron chi connectivity index (χ4n) is 6.36. The van der Waals surface area contributed by atoms with Crippen LogP contribution in [0.3, 0.4) is 0 Å². The molecule has 0 radical (unpaired) electrons. The Morgan fingerprint density at radius 1 is 1.31 bits per heavy atom. The van der Waals surface area contributed by atoms with Gasteiger partial charge in [0.1, 0.15) is 10.4 Å². The molecule has 1 spiro atoms. The number of amides is 1. The number of carbonyl (C=O) groups excluding carboxylic acids is 1. The van der Waals surface area contributed by atoms with E-state index in [4.69, 9.17) is 4.99 Å². The fourth-order valence-corrected chi connectivity index (χ4v) is 10.1. The Morgan fingerprint density at radius 3 is 2.62 bits per heavy atom. The van der Waals surface area contributed by atoms with Gasteiger partial charge in [0.25, 0.3) is 5.91 Å². The second-order valence-electron chi connectivity index (χ2n) is 9.68. The fraction of sp³-hybridized carbons (Fsp3) is 0.583. The van der Waals surface area contributed by atoms with Crippen molar-refractivity contribution in [3.05, 3.63) is 42.0 Å². The number of nitrogens with zero attached hydrogens (tertiary/aromatic N) is 2. The number of fused-ring (bicyclic) bond motifs is 1. The molecule has 1 aromatic rings. The van der Waals surface area contributed by atoms with Crippen LogP contribution in [-0.4, -0.2) is 53.4 Å². The van der Waals surface area contributed by atoms with Gasteiger partial charge < -0.3 is 0 Å². The highest BCUT2D eigenvalue weighted by Crippen LogP contribution is 2.70. The van der Waals surface area contributed by atoms with Gasteiger partial charge in [-0.3, -0.25) is 9.79 Å². The van der Waals surface area contributed by atoms with Gasteiger partial charge in [-0.1, -0.05) is 50.8 Å². The number of hydrogen-bond acceptors (Lipinski definition) is 6. The highest BCUT2D eigenvalue weighted by Gasteiger charge is 2.72. The Kier molecular flexibility index (Phi) is 6.36. The van der Waals surface area contributed by atoms with E-state index >= 15 is 0 Å². The first kappa shape index (κ1) is 23.9. The summed E-state index contributed by atoms with van der Waals surface area (Å²) in [5.74, 6) is 0.168. The molecule has 4 unspecified atom stereocenters. The molecular weight excluding hydrogens is 460 g/mol. The maximum absolute atomic E-state index is 14.0. The van der Waals surface area contributed by atoms with Gasteiger partial charge in [0, 0.05) is 11.8 Å². The lowest BCUT2D eigenvalue weighted by atomic mass is 9.69. The third-order valence-electron chi connectivity index (χ3n) is 8.21. The molecule has 1 amide bonds. The van der Waals surface area contributed by atoms with Crippen molar-refractivity contribution in [2.45, 2.75) is 51.6 Å². The summed E-state index contributed by atoms with van der Waals surface area (Å²) in [5, 5.41) is 0. The van der Waals surface area contributed by atoms with Gasteiger partial charge >= 0.3 is 0 Å². The van der Waals surface area contributed by atoms with Crippen molar-refractivity contribution in [2.75, 3.05) is 18.3 Å². The molecule has 8 heteroatoms. The average Bonchev–Trinajstić information content (AvgIpc) is 3.24. The second kappa shape index (κ2) is 8.51. The molecule has 2 saturated carbocycles. The van der Waals surface area contributed by atoms with E-state index in [1.54, 1.807) is 6.08 Å². The van der Waals surface area contributed by atoms with Crippen LogP contribution in [0.4, 0.5) is 0 Å². The van der Waals surface area contributed by atoms with Crippen LogP contribution >= 0.6 is 23.5 Å². The maximum Gasteiger partial charge on any atom is 0.261 e. The number of carbonyl (C=O) groups is 1. The van der Waals surface area contributed by atoms with Crippen LogP contribution in [0.5, 0.6) is 0 Å². The van der Waals surface area contributed by atoms with Gasteiger partial charge in [-0.15, -0.1) is 23.5 Å². The van der Waals surface area contributed by atoms with E-state index in [0.717, 1.165) is 34.8 Å². The molecule has 1 heterocycles. The Hall–Kier alpha value is -1.25. The van der Waals surface area contributed by atoms with Crippen LogP contribution in [0.25, 0.3) is 6.08 Å². The van der Waals surface area contributed by atoms with Crippen molar-refractivity contribution < 1.29 is 13.2 Å². The van der Waals surface area contributed by atoms with Gasteiger partial charge in [-0.05, 0) is 54.2 Å². The van der Waals surface area contributed by atoms with Crippen molar-refractivity contribution in [1.29, 1.82) is 0 Å².